The lowest BCUT2D eigenvalue weighted by Crippen LogP contribution is -2.08. The average Bonchev–Trinajstić information content (AvgIpc) is 2.52. The molecule has 2 aromatic carbocycles. The van der Waals surface area contributed by atoms with Crippen LogP contribution in [-0.2, 0) is 21.2 Å². The quantitative estimate of drug-likeness (QED) is 0.670. The van der Waals surface area contributed by atoms with Gasteiger partial charge in [0.25, 0.3) is 0 Å². The van der Waals surface area contributed by atoms with Crippen molar-refractivity contribution in [3.05, 3.63) is 57.0 Å². The Morgan fingerprint density at radius 3 is 2.54 bits per heavy atom. The molecule has 8 heteroatoms. The Morgan fingerprint density at radius 1 is 1.21 bits per heavy atom. The van der Waals surface area contributed by atoms with E-state index in [0.29, 0.717) is 11.3 Å². The molecule has 0 saturated carbocycles. The Labute approximate surface area is 153 Å². The van der Waals surface area contributed by atoms with Gasteiger partial charge in [-0.05, 0) is 36.4 Å². The van der Waals surface area contributed by atoms with E-state index in [0.717, 1.165) is 10.7 Å². The molecular formula is C16H14BrClO5S. The van der Waals surface area contributed by atoms with Crippen LogP contribution in [0.2, 0.25) is 5.02 Å². The van der Waals surface area contributed by atoms with Crippen LogP contribution < -0.4 is 4.74 Å². The van der Waals surface area contributed by atoms with E-state index in [9.17, 15) is 13.2 Å². The molecule has 2 rings (SSSR count). The summed E-state index contributed by atoms with van der Waals surface area (Å²) in [5.74, 6) is -0.0717. The normalized spacial score (nSPS) is 11.2. The summed E-state index contributed by atoms with van der Waals surface area (Å²) in [4.78, 5) is 12.1. The third kappa shape index (κ3) is 4.49. The molecule has 0 heterocycles. The van der Waals surface area contributed by atoms with Crippen LogP contribution in [0.3, 0.4) is 0 Å². The van der Waals surface area contributed by atoms with Gasteiger partial charge in [-0.3, -0.25) is 0 Å². The van der Waals surface area contributed by atoms with Crippen LogP contribution in [0.25, 0.3) is 0 Å². The number of carbonyl (C=O) groups excluding carboxylic acids is 1. The van der Waals surface area contributed by atoms with E-state index in [1.54, 1.807) is 12.1 Å². The SMILES string of the molecule is COc1ccc(Br)cc1COC(=O)c1ccc(Cl)c(S(C)(=O)=O)c1. The maximum Gasteiger partial charge on any atom is 0.338 e. The van der Waals surface area contributed by atoms with Gasteiger partial charge in [-0.2, -0.15) is 0 Å². The van der Waals surface area contributed by atoms with Gasteiger partial charge in [-0.25, -0.2) is 13.2 Å². The minimum Gasteiger partial charge on any atom is -0.496 e. The van der Waals surface area contributed by atoms with Gasteiger partial charge in [0.1, 0.15) is 12.4 Å². The van der Waals surface area contributed by atoms with Crippen molar-refractivity contribution in [2.24, 2.45) is 0 Å². The van der Waals surface area contributed by atoms with E-state index in [4.69, 9.17) is 21.1 Å². The molecule has 0 fully saturated rings. The second-order valence-electron chi connectivity index (χ2n) is 4.95. The van der Waals surface area contributed by atoms with Crippen LogP contribution >= 0.6 is 27.5 Å². The van der Waals surface area contributed by atoms with Crippen LogP contribution in [0.5, 0.6) is 5.75 Å². The number of methoxy groups -OCH3 is 1. The van der Waals surface area contributed by atoms with E-state index >= 15 is 0 Å². The summed E-state index contributed by atoms with van der Waals surface area (Å²) in [6, 6.07) is 9.30. The third-order valence-electron chi connectivity index (χ3n) is 3.17. The first-order chi connectivity index (χ1) is 11.2. The van der Waals surface area contributed by atoms with Crippen molar-refractivity contribution in [1.82, 2.24) is 0 Å². The maximum atomic E-state index is 12.2. The molecule has 0 bridgehead atoms. The zero-order valence-corrected chi connectivity index (χ0v) is 16.0. The molecule has 0 aliphatic rings. The van der Waals surface area contributed by atoms with Gasteiger partial charge in [0.15, 0.2) is 9.84 Å². The maximum absolute atomic E-state index is 12.2. The van der Waals surface area contributed by atoms with Gasteiger partial charge < -0.3 is 9.47 Å². The molecule has 0 saturated heterocycles. The van der Waals surface area contributed by atoms with Gasteiger partial charge in [0.2, 0.25) is 0 Å². The number of hydrogen-bond acceptors (Lipinski definition) is 5. The summed E-state index contributed by atoms with van der Waals surface area (Å²) in [6.45, 7) is -0.0156. The fraction of sp³-hybridized carbons (Fsp3) is 0.188. The molecule has 0 unspecified atom stereocenters. The summed E-state index contributed by atoms with van der Waals surface area (Å²) in [6.07, 6.45) is 1.02. The first-order valence-corrected chi connectivity index (χ1v) is 9.77. The smallest absolute Gasteiger partial charge is 0.338 e. The fourth-order valence-electron chi connectivity index (χ4n) is 2.00. The number of carbonyl (C=O) groups is 1. The lowest BCUT2D eigenvalue weighted by Gasteiger charge is -2.10. The highest BCUT2D eigenvalue weighted by molar-refractivity contribution is 9.10. The fourth-order valence-corrected chi connectivity index (χ4v) is 3.71. The number of benzene rings is 2. The van der Waals surface area contributed by atoms with E-state index in [2.05, 4.69) is 15.9 Å². The molecule has 0 N–H and O–H groups in total. The summed E-state index contributed by atoms with van der Waals surface area (Å²) in [5.41, 5.74) is 0.784. The zero-order chi connectivity index (χ0) is 17.9. The molecule has 5 nitrogen and oxygen atoms in total. The monoisotopic (exact) mass is 432 g/mol. The average molecular weight is 434 g/mol. The van der Waals surface area contributed by atoms with Gasteiger partial charge >= 0.3 is 5.97 Å². The first-order valence-electron chi connectivity index (χ1n) is 6.71. The van der Waals surface area contributed by atoms with Crippen LogP contribution in [-0.4, -0.2) is 27.8 Å². The van der Waals surface area contributed by atoms with Gasteiger partial charge in [-0.15, -0.1) is 0 Å². The number of esters is 1. The highest BCUT2D eigenvalue weighted by Gasteiger charge is 2.17. The largest absolute Gasteiger partial charge is 0.496 e. The Kier molecular flexibility index (Phi) is 5.90. The van der Waals surface area contributed by atoms with Crippen molar-refractivity contribution in [2.45, 2.75) is 11.5 Å². The molecule has 0 atom stereocenters. The molecule has 0 spiro atoms. The van der Waals surface area contributed by atoms with Crippen molar-refractivity contribution < 1.29 is 22.7 Å². The standard InChI is InChI=1S/C16H14BrClO5S/c1-22-14-6-4-12(17)7-11(14)9-23-16(19)10-3-5-13(18)15(8-10)24(2,20)21/h3-8H,9H2,1-2H3. The highest BCUT2D eigenvalue weighted by Crippen LogP contribution is 2.25. The number of halogens is 2. The first kappa shape index (κ1) is 18.8. The van der Waals surface area contributed by atoms with Gasteiger partial charge in [0.05, 0.1) is 22.6 Å². The lowest BCUT2D eigenvalue weighted by atomic mass is 10.2. The molecular weight excluding hydrogens is 420 g/mol. The number of ether oxygens (including phenoxy) is 2. The summed E-state index contributed by atoms with van der Waals surface area (Å²) >= 11 is 9.20. The molecule has 128 valence electrons. The summed E-state index contributed by atoms with van der Waals surface area (Å²) in [7, 11) is -2.02. The van der Waals surface area contributed by atoms with Crippen LogP contribution in [0.1, 0.15) is 15.9 Å². The van der Waals surface area contributed by atoms with Gasteiger partial charge in [0, 0.05) is 16.3 Å². The Morgan fingerprint density at radius 2 is 1.92 bits per heavy atom. The van der Waals surface area contributed by atoms with Crippen molar-refractivity contribution >= 4 is 43.3 Å². The van der Waals surface area contributed by atoms with Gasteiger partial charge in [-0.1, -0.05) is 27.5 Å². The highest BCUT2D eigenvalue weighted by atomic mass is 79.9. The minimum absolute atomic E-state index is 0.0156. The van der Waals surface area contributed by atoms with E-state index < -0.39 is 15.8 Å². The van der Waals surface area contributed by atoms with Crippen LogP contribution in [0.4, 0.5) is 0 Å². The molecule has 0 radical (unpaired) electrons. The van der Waals surface area contributed by atoms with Crippen molar-refractivity contribution in [2.75, 3.05) is 13.4 Å². The molecule has 0 aliphatic carbocycles. The van der Waals surface area contributed by atoms with Crippen molar-refractivity contribution in [3.63, 3.8) is 0 Å². The van der Waals surface area contributed by atoms with Crippen LogP contribution in [0, 0.1) is 0 Å². The van der Waals surface area contributed by atoms with E-state index in [-0.39, 0.29) is 22.1 Å². The topological polar surface area (TPSA) is 69.7 Å². The van der Waals surface area contributed by atoms with Crippen molar-refractivity contribution in [3.8, 4) is 5.75 Å². The Balaban J connectivity index is 2.21. The minimum atomic E-state index is -3.54. The number of hydrogen-bond donors (Lipinski definition) is 0. The third-order valence-corrected chi connectivity index (χ3v) is 5.24. The van der Waals surface area contributed by atoms with E-state index in [1.165, 1.54) is 25.3 Å². The summed E-state index contributed by atoms with van der Waals surface area (Å²) < 4.78 is 34.6. The molecule has 2 aromatic rings. The van der Waals surface area contributed by atoms with Crippen molar-refractivity contribution in [1.29, 1.82) is 0 Å². The lowest BCUT2D eigenvalue weighted by molar-refractivity contribution is 0.0470. The molecule has 0 aliphatic heterocycles. The zero-order valence-electron chi connectivity index (χ0n) is 12.9. The second-order valence-corrected chi connectivity index (χ2v) is 8.26. The Hall–Kier alpha value is -1.57. The Bertz CT molecular complexity index is 880. The predicted octanol–water partition coefficient (Wildman–Crippen LogP) is 3.87. The molecule has 24 heavy (non-hydrogen) atoms. The van der Waals surface area contributed by atoms with Crippen LogP contribution in [0.15, 0.2) is 45.8 Å². The predicted molar refractivity (Wildman–Crippen MR) is 94.4 cm³/mol. The molecule has 0 amide bonds. The molecule has 0 aromatic heterocycles. The summed E-state index contributed by atoms with van der Waals surface area (Å²) in [5, 5.41) is 0.0581. The second kappa shape index (κ2) is 7.55. The number of rotatable bonds is 5. The number of sulfone groups is 1. The van der Waals surface area contributed by atoms with E-state index in [1.807, 2.05) is 6.07 Å².